The van der Waals surface area contributed by atoms with Gasteiger partial charge < -0.3 is 9.84 Å². The van der Waals surface area contributed by atoms with Crippen LogP contribution in [-0.4, -0.2) is 23.8 Å². The summed E-state index contributed by atoms with van der Waals surface area (Å²) in [7, 11) is 0. The van der Waals surface area contributed by atoms with Crippen molar-refractivity contribution < 1.29 is 14.6 Å². The van der Waals surface area contributed by atoms with Gasteiger partial charge in [0, 0.05) is 6.61 Å². The van der Waals surface area contributed by atoms with Crippen LogP contribution in [-0.2, 0) is 9.53 Å². The van der Waals surface area contributed by atoms with Gasteiger partial charge in [-0.15, -0.1) is 0 Å². The van der Waals surface area contributed by atoms with Crippen molar-refractivity contribution in [3.63, 3.8) is 0 Å². The molecule has 0 heterocycles. The third kappa shape index (κ3) is 4.66. The molecule has 1 aliphatic rings. The van der Waals surface area contributed by atoms with Crippen LogP contribution in [0.5, 0.6) is 0 Å². The van der Waals surface area contributed by atoms with Gasteiger partial charge in [0.2, 0.25) is 0 Å². The van der Waals surface area contributed by atoms with Crippen molar-refractivity contribution in [1.82, 2.24) is 0 Å². The number of hydrogen-bond donors (Lipinski definition) is 1. The summed E-state index contributed by atoms with van der Waals surface area (Å²) in [5.74, 6) is 0.152. The topological polar surface area (TPSA) is 46.5 Å². The molecule has 1 N–H and O–H groups in total. The van der Waals surface area contributed by atoms with Crippen LogP contribution in [0.25, 0.3) is 0 Å². The summed E-state index contributed by atoms with van der Waals surface area (Å²) in [5, 5.41) is 9.21. The van der Waals surface area contributed by atoms with Gasteiger partial charge in [-0.25, -0.2) is 0 Å². The summed E-state index contributed by atoms with van der Waals surface area (Å²) in [5.41, 5.74) is 0. The first-order chi connectivity index (χ1) is 8.04. The molecule has 0 aromatic heterocycles. The molecule has 0 spiro atoms. The Morgan fingerprint density at radius 3 is 2.65 bits per heavy atom. The highest BCUT2D eigenvalue weighted by Crippen LogP contribution is 2.34. The molecule has 3 heteroatoms. The molecule has 0 aromatic carbocycles. The number of carboxylic acid groups (broad SMARTS) is 1. The Morgan fingerprint density at radius 2 is 2.12 bits per heavy atom. The van der Waals surface area contributed by atoms with Crippen LogP contribution in [0, 0.1) is 17.8 Å². The minimum Gasteiger partial charge on any atom is -0.481 e. The molecule has 3 nitrogen and oxygen atoms in total. The lowest BCUT2D eigenvalue weighted by molar-refractivity contribution is -0.151. The van der Waals surface area contributed by atoms with Crippen LogP contribution in [0.3, 0.4) is 0 Å². The molecule has 0 aromatic rings. The third-order valence-electron chi connectivity index (χ3n) is 3.56. The van der Waals surface area contributed by atoms with E-state index in [0.717, 1.165) is 19.3 Å². The number of aliphatic carboxylic acids is 1. The second-order valence-electron chi connectivity index (χ2n) is 5.68. The summed E-state index contributed by atoms with van der Waals surface area (Å²) in [6, 6.07) is 0. The van der Waals surface area contributed by atoms with Gasteiger partial charge in [-0.2, -0.15) is 0 Å². The average molecular weight is 242 g/mol. The maximum absolute atomic E-state index is 11.2. The predicted octanol–water partition coefficient (Wildman–Crippen LogP) is 3.33. The first kappa shape index (κ1) is 14.5. The van der Waals surface area contributed by atoms with E-state index >= 15 is 0 Å². The van der Waals surface area contributed by atoms with E-state index in [1.807, 2.05) is 0 Å². The van der Waals surface area contributed by atoms with E-state index in [4.69, 9.17) is 4.74 Å². The Morgan fingerprint density at radius 1 is 1.41 bits per heavy atom. The fraction of sp³-hybridized carbons (Fsp3) is 0.929. The van der Waals surface area contributed by atoms with Crippen molar-refractivity contribution in [1.29, 1.82) is 0 Å². The molecule has 0 saturated heterocycles. The van der Waals surface area contributed by atoms with Gasteiger partial charge in [-0.1, -0.05) is 33.6 Å². The number of rotatable bonds is 6. The lowest BCUT2D eigenvalue weighted by atomic mass is 9.78. The first-order valence-corrected chi connectivity index (χ1v) is 6.89. The third-order valence-corrected chi connectivity index (χ3v) is 3.56. The molecule has 1 rings (SSSR count). The van der Waals surface area contributed by atoms with Crippen molar-refractivity contribution in [3.05, 3.63) is 0 Å². The van der Waals surface area contributed by atoms with E-state index in [1.54, 1.807) is 0 Å². The van der Waals surface area contributed by atoms with Crippen LogP contribution in [0.2, 0.25) is 0 Å². The first-order valence-electron chi connectivity index (χ1n) is 6.89. The fourth-order valence-electron chi connectivity index (χ4n) is 2.66. The second-order valence-corrected chi connectivity index (χ2v) is 5.68. The van der Waals surface area contributed by atoms with E-state index < -0.39 is 5.97 Å². The largest absolute Gasteiger partial charge is 0.481 e. The molecule has 1 saturated carbocycles. The summed E-state index contributed by atoms with van der Waals surface area (Å²) < 4.78 is 5.81. The van der Waals surface area contributed by atoms with Crippen LogP contribution in [0.1, 0.15) is 52.9 Å². The molecule has 0 radical (unpaired) electrons. The summed E-state index contributed by atoms with van der Waals surface area (Å²) in [4.78, 5) is 11.2. The van der Waals surface area contributed by atoms with Gasteiger partial charge in [0.15, 0.2) is 0 Å². The Hall–Kier alpha value is -0.570. The van der Waals surface area contributed by atoms with Gasteiger partial charge in [0.1, 0.15) is 0 Å². The number of ether oxygens (including phenoxy) is 1. The molecular formula is C14H26O3. The molecule has 17 heavy (non-hydrogen) atoms. The van der Waals surface area contributed by atoms with Crippen LogP contribution >= 0.6 is 0 Å². The van der Waals surface area contributed by atoms with Crippen LogP contribution < -0.4 is 0 Å². The standard InChI is InChI=1S/C14H26O3/c1-4-5-11-6-7-12(14(15)16)13(8-11)17-9-10(2)3/h10-13H,4-9H2,1-3H3,(H,15,16). The minimum atomic E-state index is -0.686. The van der Waals surface area contributed by atoms with Gasteiger partial charge in [0.25, 0.3) is 0 Å². The Bertz CT molecular complexity index is 238. The Balaban J connectivity index is 2.53. The number of carbonyl (C=O) groups is 1. The van der Waals surface area contributed by atoms with Crippen LogP contribution in [0.15, 0.2) is 0 Å². The van der Waals surface area contributed by atoms with Crippen molar-refractivity contribution >= 4 is 5.97 Å². The maximum atomic E-state index is 11.2. The van der Waals surface area contributed by atoms with Crippen molar-refractivity contribution in [3.8, 4) is 0 Å². The van der Waals surface area contributed by atoms with Crippen molar-refractivity contribution in [2.75, 3.05) is 6.61 Å². The van der Waals surface area contributed by atoms with Gasteiger partial charge in [0.05, 0.1) is 12.0 Å². The highest BCUT2D eigenvalue weighted by Gasteiger charge is 2.35. The van der Waals surface area contributed by atoms with Crippen molar-refractivity contribution in [2.45, 2.75) is 59.0 Å². The average Bonchev–Trinajstić information content (AvgIpc) is 2.26. The number of carboxylic acids is 1. The quantitative estimate of drug-likeness (QED) is 0.777. The van der Waals surface area contributed by atoms with E-state index in [1.165, 1.54) is 12.8 Å². The normalized spacial score (nSPS) is 29.5. The molecule has 0 bridgehead atoms. The fourth-order valence-corrected chi connectivity index (χ4v) is 2.66. The van der Waals surface area contributed by atoms with Crippen LogP contribution in [0.4, 0.5) is 0 Å². The molecule has 0 aliphatic heterocycles. The molecule has 1 fully saturated rings. The minimum absolute atomic E-state index is 0.0693. The SMILES string of the molecule is CCCC1CCC(C(=O)O)C(OCC(C)C)C1. The Labute approximate surface area is 105 Å². The van der Waals surface area contributed by atoms with E-state index in [0.29, 0.717) is 18.4 Å². The zero-order valence-electron chi connectivity index (χ0n) is 11.3. The summed E-state index contributed by atoms with van der Waals surface area (Å²) in [6.07, 6.45) is 5.07. The monoisotopic (exact) mass is 242 g/mol. The molecule has 100 valence electrons. The smallest absolute Gasteiger partial charge is 0.309 e. The van der Waals surface area contributed by atoms with E-state index in [9.17, 15) is 9.90 Å². The molecular weight excluding hydrogens is 216 g/mol. The van der Waals surface area contributed by atoms with Gasteiger partial charge in [-0.3, -0.25) is 4.79 Å². The molecule has 1 aliphatic carbocycles. The Kier molecular flexibility index (Phi) is 5.96. The highest BCUT2D eigenvalue weighted by molar-refractivity contribution is 5.70. The van der Waals surface area contributed by atoms with E-state index in [-0.39, 0.29) is 12.0 Å². The summed E-state index contributed by atoms with van der Waals surface area (Å²) >= 11 is 0. The van der Waals surface area contributed by atoms with E-state index in [2.05, 4.69) is 20.8 Å². The van der Waals surface area contributed by atoms with Gasteiger partial charge in [-0.05, 0) is 31.1 Å². The molecule has 0 amide bonds. The van der Waals surface area contributed by atoms with Gasteiger partial charge >= 0.3 is 5.97 Å². The summed E-state index contributed by atoms with van der Waals surface area (Å²) in [6.45, 7) is 7.06. The number of hydrogen-bond acceptors (Lipinski definition) is 2. The highest BCUT2D eigenvalue weighted by atomic mass is 16.5. The second kappa shape index (κ2) is 7.00. The molecule has 3 atom stereocenters. The predicted molar refractivity (Wildman–Crippen MR) is 68.0 cm³/mol. The zero-order valence-corrected chi connectivity index (χ0v) is 11.3. The maximum Gasteiger partial charge on any atom is 0.309 e. The lowest BCUT2D eigenvalue weighted by Gasteiger charge is -2.34. The lowest BCUT2D eigenvalue weighted by Crippen LogP contribution is -2.37. The van der Waals surface area contributed by atoms with Crippen molar-refractivity contribution in [2.24, 2.45) is 17.8 Å². The zero-order chi connectivity index (χ0) is 12.8. The molecule has 3 unspecified atom stereocenters.